The Morgan fingerprint density at radius 3 is 1.54 bits per heavy atom. The normalized spacial score (nSPS) is 9.46. The fourth-order valence-corrected chi connectivity index (χ4v) is 2.65. The predicted molar refractivity (Wildman–Crippen MR) is 110 cm³/mol. The summed E-state index contributed by atoms with van der Waals surface area (Å²) in [6.07, 6.45) is 1.66. The molecular weight excluding hydrogens is 345 g/mol. The molecule has 0 atom stereocenters. The Bertz CT molecular complexity index is 1130. The Morgan fingerprint density at radius 1 is 0.679 bits per heavy atom. The zero-order chi connectivity index (χ0) is 19.8. The number of halogens is 1. The number of hydrogen-bond donors (Lipinski definition) is 0. The van der Waals surface area contributed by atoms with Crippen molar-refractivity contribution in [3.8, 4) is 29.8 Å². The van der Waals surface area contributed by atoms with Gasteiger partial charge in [-0.25, -0.2) is 4.39 Å². The molecule has 0 spiro atoms. The number of benzene rings is 3. The number of aryl methyl sites for hydroxylation is 1. The molecule has 0 heterocycles. The van der Waals surface area contributed by atoms with E-state index in [9.17, 15) is 4.39 Å². The smallest absolute Gasteiger partial charge is 0.127 e. The molecule has 0 saturated heterocycles. The van der Waals surface area contributed by atoms with E-state index < -0.39 is 0 Å². The van der Waals surface area contributed by atoms with E-state index >= 15 is 0 Å². The SMILES string of the molecule is CCCc1ccc(C#Cc2ccc(C#Cc3ccc(C#N)cc3)cc2)cc1F. The molecule has 0 amide bonds. The van der Waals surface area contributed by atoms with E-state index in [1.54, 1.807) is 12.1 Å². The number of nitrogens with zero attached hydrogens (tertiary/aromatic N) is 1. The Kier molecular flexibility index (Phi) is 6.25. The quantitative estimate of drug-likeness (QED) is 0.556. The fraction of sp³-hybridized carbons (Fsp3) is 0.115. The maximum absolute atomic E-state index is 14.0. The van der Waals surface area contributed by atoms with Crippen molar-refractivity contribution in [2.45, 2.75) is 19.8 Å². The maximum Gasteiger partial charge on any atom is 0.127 e. The van der Waals surface area contributed by atoms with Crippen molar-refractivity contribution in [3.63, 3.8) is 0 Å². The molecular formula is C26H18FN. The van der Waals surface area contributed by atoms with E-state index in [0.717, 1.165) is 35.1 Å². The molecule has 134 valence electrons. The van der Waals surface area contributed by atoms with Crippen molar-refractivity contribution in [2.75, 3.05) is 0 Å². The molecule has 3 rings (SSSR count). The molecule has 0 aromatic heterocycles. The molecule has 2 heteroatoms. The van der Waals surface area contributed by atoms with Gasteiger partial charge in [0.2, 0.25) is 0 Å². The topological polar surface area (TPSA) is 23.8 Å². The summed E-state index contributed by atoms with van der Waals surface area (Å²) in [5, 5.41) is 8.81. The van der Waals surface area contributed by atoms with Crippen LogP contribution >= 0.6 is 0 Å². The van der Waals surface area contributed by atoms with Crippen LogP contribution in [-0.2, 0) is 6.42 Å². The highest BCUT2D eigenvalue weighted by Gasteiger charge is 2.01. The van der Waals surface area contributed by atoms with Crippen LogP contribution in [0.2, 0.25) is 0 Å². The summed E-state index contributed by atoms with van der Waals surface area (Å²) in [7, 11) is 0. The number of rotatable bonds is 2. The lowest BCUT2D eigenvalue weighted by atomic mass is 10.1. The summed E-state index contributed by atoms with van der Waals surface area (Å²) in [5.41, 5.74) is 4.61. The van der Waals surface area contributed by atoms with Crippen molar-refractivity contribution in [1.82, 2.24) is 0 Å². The lowest BCUT2D eigenvalue weighted by molar-refractivity contribution is 0.607. The van der Waals surface area contributed by atoms with Crippen LogP contribution in [0.5, 0.6) is 0 Å². The molecule has 3 aromatic rings. The van der Waals surface area contributed by atoms with Crippen molar-refractivity contribution >= 4 is 0 Å². The van der Waals surface area contributed by atoms with E-state index in [2.05, 4.69) is 29.8 Å². The van der Waals surface area contributed by atoms with Gasteiger partial charge in [-0.1, -0.05) is 43.1 Å². The predicted octanol–water partition coefficient (Wildman–Crippen LogP) is 5.45. The lowest BCUT2D eigenvalue weighted by Crippen LogP contribution is -1.90. The molecule has 3 aromatic carbocycles. The summed E-state index contributed by atoms with van der Waals surface area (Å²) < 4.78 is 14.0. The Labute approximate surface area is 165 Å². The van der Waals surface area contributed by atoms with Gasteiger partial charge in [0, 0.05) is 22.3 Å². The summed E-state index contributed by atoms with van der Waals surface area (Å²) in [4.78, 5) is 0. The summed E-state index contributed by atoms with van der Waals surface area (Å²) in [5.74, 6) is 12.0. The van der Waals surface area contributed by atoms with E-state index in [1.807, 2.05) is 55.5 Å². The van der Waals surface area contributed by atoms with Crippen LogP contribution in [-0.4, -0.2) is 0 Å². The first-order valence-electron chi connectivity index (χ1n) is 9.10. The minimum atomic E-state index is -0.193. The average Bonchev–Trinajstić information content (AvgIpc) is 2.74. The first-order valence-corrected chi connectivity index (χ1v) is 9.10. The van der Waals surface area contributed by atoms with Gasteiger partial charge in [-0.15, -0.1) is 0 Å². The standard InChI is InChI=1S/C26H18FN/c1-2-3-25-17-16-23(18-26(25)27)13-10-21-7-4-20(5-8-21)6-9-22-11-14-24(19-28)15-12-22/h4-5,7-8,11-12,14-18H,2-3H2,1H3. The van der Waals surface area contributed by atoms with Crippen LogP contribution in [0.4, 0.5) is 4.39 Å². The second-order valence-electron chi connectivity index (χ2n) is 6.32. The minimum Gasteiger partial charge on any atom is -0.207 e. The van der Waals surface area contributed by atoms with Gasteiger partial charge in [0.05, 0.1) is 11.6 Å². The molecule has 0 N–H and O–H groups in total. The number of hydrogen-bond acceptors (Lipinski definition) is 1. The first kappa shape index (κ1) is 19.0. The maximum atomic E-state index is 14.0. The lowest BCUT2D eigenvalue weighted by Gasteiger charge is -2.01. The first-order chi connectivity index (χ1) is 13.7. The largest absolute Gasteiger partial charge is 0.207 e. The molecule has 0 fully saturated rings. The van der Waals surface area contributed by atoms with Gasteiger partial charge in [-0.05, 0) is 72.6 Å². The second kappa shape index (κ2) is 9.23. The van der Waals surface area contributed by atoms with Crippen LogP contribution in [0.3, 0.4) is 0 Å². The van der Waals surface area contributed by atoms with Crippen LogP contribution in [0, 0.1) is 40.8 Å². The van der Waals surface area contributed by atoms with E-state index in [0.29, 0.717) is 11.1 Å². The van der Waals surface area contributed by atoms with Gasteiger partial charge in [-0.3, -0.25) is 0 Å². The van der Waals surface area contributed by atoms with Gasteiger partial charge >= 0.3 is 0 Å². The van der Waals surface area contributed by atoms with E-state index in [-0.39, 0.29) is 5.82 Å². The summed E-state index contributed by atoms with van der Waals surface area (Å²) in [6.45, 7) is 2.03. The highest BCUT2D eigenvalue weighted by atomic mass is 19.1. The van der Waals surface area contributed by atoms with Gasteiger partial charge < -0.3 is 0 Å². The Morgan fingerprint density at radius 2 is 1.11 bits per heavy atom. The van der Waals surface area contributed by atoms with Crippen molar-refractivity contribution in [3.05, 3.63) is 106 Å². The van der Waals surface area contributed by atoms with Crippen molar-refractivity contribution in [1.29, 1.82) is 5.26 Å². The Hall–Kier alpha value is -3.80. The molecule has 28 heavy (non-hydrogen) atoms. The molecule has 0 unspecified atom stereocenters. The van der Waals surface area contributed by atoms with Crippen LogP contribution in [0.15, 0.2) is 66.7 Å². The van der Waals surface area contributed by atoms with Crippen LogP contribution in [0.25, 0.3) is 0 Å². The Balaban J connectivity index is 1.70. The van der Waals surface area contributed by atoms with E-state index in [4.69, 9.17) is 5.26 Å². The summed E-state index contributed by atoms with van der Waals surface area (Å²) >= 11 is 0. The molecule has 0 aliphatic heterocycles. The average molecular weight is 363 g/mol. The van der Waals surface area contributed by atoms with Gasteiger partial charge in [-0.2, -0.15) is 5.26 Å². The third-order valence-electron chi connectivity index (χ3n) is 4.17. The van der Waals surface area contributed by atoms with Crippen molar-refractivity contribution < 1.29 is 4.39 Å². The fourth-order valence-electron chi connectivity index (χ4n) is 2.65. The zero-order valence-electron chi connectivity index (χ0n) is 15.6. The third-order valence-corrected chi connectivity index (χ3v) is 4.17. The molecule has 0 bridgehead atoms. The number of nitriles is 1. The van der Waals surface area contributed by atoms with Crippen LogP contribution < -0.4 is 0 Å². The zero-order valence-corrected chi connectivity index (χ0v) is 15.6. The molecule has 0 saturated carbocycles. The second-order valence-corrected chi connectivity index (χ2v) is 6.32. The molecule has 0 radical (unpaired) electrons. The highest BCUT2D eigenvalue weighted by Crippen LogP contribution is 2.12. The van der Waals surface area contributed by atoms with Gasteiger partial charge in [0.15, 0.2) is 0 Å². The third kappa shape index (κ3) is 5.11. The monoisotopic (exact) mass is 363 g/mol. The van der Waals surface area contributed by atoms with Crippen LogP contribution in [0.1, 0.15) is 46.7 Å². The van der Waals surface area contributed by atoms with Gasteiger partial charge in [0.25, 0.3) is 0 Å². The molecule has 1 nitrogen and oxygen atoms in total. The summed E-state index contributed by atoms with van der Waals surface area (Å²) in [6, 6.07) is 22.0. The highest BCUT2D eigenvalue weighted by molar-refractivity contribution is 5.48. The molecule has 0 aliphatic rings. The minimum absolute atomic E-state index is 0.193. The van der Waals surface area contributed by atoms with Crippen molar-refractivity contribution in [2.24, 2.45) is 0 Å². The van der Waals surface area contributed by atoms with Gasteiger partial charge in [0.1, 0.15) is 5.82 Å². The molecule has 0 aliphatic carbocycles. The van der Waals surface area contributed by atoms with E-state index in [1.165, 1.54) is 6.07 Å².